The van der Waals surface area contributed by atoms with Crippen molar-refractivity contribution in [1.82, 2.24) is 4.72 Å². The number of halogens is 1. The van der Waals surface area contributed by atoms with Crippen molar-refractivity contribution in [3.05, 3.63) is 28.8 Å². The maximum atomic E-state index is 11.7. The van der Waals surface area contributed by atoms with Crippen LogP contribution in [0.1, 0.15) is 12.5 Å². The van der Waals surface area contributed by atoms with Gasteiger partial charge in [0.25, 0.3) is 0 Å². The van der Waals surface area contributed by atoms with E-state index >= 15 is 0 Å². The molecule has 0 saturated heterocycles. The molecule has 21 heavy (non-hydrogen) atoms. The van der Waals surface area contributed by atoms with Gasteiger partial charge in [-0.15, -0.1) is 0 Å². The summed E-state index contributed by atoms with van der Waals surface area (Å²) in [6, 6.07) is 4.01. The van der Waals surface area contributed by atoms with Crippen LogP contribution in [0.15, 0.2) is 23.4 Å². The molecule has 0 aliphatic carbocycles. The summed E-state index contributed by atoms with van der Waals surface area (Å²) in [5.41, 5.74) is 5.56. The van der Waals surface area contributed by atoms with Gasteiger partial charge in [-0.25, -0.2) is 9.52 Å². The monoisotopic (exact) mass is 336 g/mol. The second-order valence-electron chi connectivity index (χ2n) is 3.61. The highest BCUT2D eigenvalue weighted by molar-refractivity contribution is 7.91. The van der Waals surface area contributed by atoms with Crippen LogP contribution in [0.4, 0.5) is 10.5 Å². The summed E-state index contributed by atoms with van der Waals surface area (Å²) in [6.45, 7) is 1.54. The summed E-state index contributed by atoms with van der Waals surface area (Å²) in [5, 5.41) is 11.4. The minimum atomic E-state index is -4.23. The first-order valence-corrected chi connectivity index (χ1v) is 7.40. The molecule has 116 valence electrons. The second-order valence-corrected chi connectivity index (χ2v) is 5.43. The first kappa shape index (κ1) is 16.9. The van der Waals surface area contributed by atoms with Crippen molar-refractivity contribution in [3.63, 3.8) is 0 Å². The van der Waals surface area contributed by atoms with Crippen LogP contribution in [0.25, 0.3) is 0 Å². The number of hydrogen-bond acceptors (Lipinski definition) is 6. The largest absolute Gasteiger partial charge is 0.449 e. The summed E-state index contributed by atoms with van der Waals surface area (Å²) in [6.07, 6.45) is -1.13. The number of nitrogens with zero attached hydrogens (tertiary/aromatic N) is 1. The molecule has 0 bridgehead atoms. The van der Waals surface area contributed by atoms with Gasteiger partial charge in [0, 0.05) is 5.56 Å². The maximum Gasteiger partial charge on any atom is 0.422 e. The predicted octanol–water partition coefficient (Wildman–Crippen LogP) is 0.837. The van der Waals surface area contributed by atoms with Gasteiger partial charge in [-0.05, 0) is 25.1 Å². The summed E-state index contributed by atoms with van der Waals surface area (Å²) in [5.74, 6) is -0.231. The quantitative estimate of drug-likeness (QED) is 0.271. The standard InChI is InChI=1S/C10H13ClN4O5S/c1-2-20-10(16)15-21(18,19)14-8-5-6(9(12)13-17)3-4-7(8)11/h3-5,14,17H,2H2,1H3,(H2,12,13)(H,15,16). The molecule has 0 unspecified atom stereocenters. The fourth-order valence-corrected chi connectivity index (χ4v) is 2.27. The zero-order valence-corrected chi connectivity index (χ0v) is 12.4. The fraction of sp³-hybridized carbons (Fsp3) is 0.200. The molecule has 0 spiro atoms. The minimum absolute atomic E-state index is 0.0150. The Kier molecular flexibility index (Phi) is 5.61. The number of nitrogens with one attached hydrogen (secondary N) is 2. The van der Waals surface area contributed by atoms with E-state index in [1.807, 2.05) is 4.72 Å². The average molecular weight is 337 g/mol. The fourth-order valence-electron chi connectivity index (χ4n) is 1.26. The smallest absolute Gasteiger partial charge is 0.422 e. The number of carbonyl (C=O) groups is 1. The van der Waals surface area contributed by atoms with Crippen LogP contribution < -0.4 is 15.2 Å². The Balaban J connectivity index is 2.99. The molecule has 0 heterocycles. The van der Waals surface area contributed by atoms with Crippen LogP contribution in [0, 0.1) is 0 Å². The first-order valence-electron chi connectivity index (χ1n) is 5.53. The Bertz CT molecular complexity index is 661. The molecule has 1 aromatic carbocycles. The third kappa shape index (κ3) is 5.00. The van der Waals surface area contributed by atoms with Gasteiger partial charge >= 0.3 is 16.3 Å². The second kappa shape index (κ2) is 6.99. The lowest BCUT2D eigenvalue weighted by molar-refractivity contribution is 0.159. The number of carbonyl (C=O) groups excluding carboxylic acids is 1. The van der Waals surface area contributed by atoms with E-state index in [0.29, 0.717) is 0 Å². The molecule has 5 N–H and O–H groups in total. The van der Waals surface area contributed by atoms with Crippen molar-refractivity contribution in [2.24, 2.45) is 10.9 Å². The summed E-state index contributed by atoms with van der Waals surface area (Å²) in [4.78, 5) is 11.1. The molecule has 0 radical (unpaired) electrons. The Hall–Kier alpha value is -2.20. The Labute approximate surface area is 125 Å². The van der Waals surface area contributed by atoms with Gasteiger partial charge < -0.3 is 15.7 Å². The molecule has 9 nitrogen and oxygen atoms in total. The predicted molar refractivity (Wildman–Crippen MR) is 76.7 cm³/mol. The van der Waals surface area contributed by atoms with E-state index < -0.39 is 16.3 Å². The van der Waals surface area contributed by atoms with Gasteiger partial charge in [0.05, 0.1) is 17.3 Å². The van der Waals surface area contributed by atoms with Gasteiger partial charge in [0.2, 0.25) is 0 Å². The molecule has 0 aliphatic rings. The number of amidine groups is 1. The zero-order valence-electron chi connectivity index (χ0n) is 10.8. The van der Waals surface area contributed by atoms with Crippen LogP contribution in [-0.4, -0.2) is 32.2 Å². The van der Waals surface area contributed by atoms with Gasteiger partial charge in [0.15, 0.2) is 5.84 Å². The molecule has 11 heteroatoms. The highest BCUT2D eigenvalue weighted by atomic mass is 35.5. The van der Waals surface area contributed by atoms with E-state index in [9.17, 15) is 13.2 Å². The SMILES string of the molecule is CCOC(=O)NS(=O)(=O)Nc1cc(/C(N)=N/O)ccc1Cl. The van der Waals surface area contributed by atoms with Crippen molar-refractivity contribution >= 4 is 39.4 Å². The number of oxime groups is 1. The summed E-state index contributed by atoms with van der Waals surface area (Å²) >= 11 is 5.83. The lowest BCUT2D eigenvalue weighted by Gasteiger charge is -2.11. The molecule has 0 aromatic heterocycles. The normalized spacial score (nSPS) is 11.8. The van der Waals surface area contributed by atoms with E-state index in [-0.39, 0.29) is 28.7 Å². The molecular formula is C10H13ClN4O5S. The third-order valence-corrected chi connectivity index (χ3v) is 3.36. The zero-order chi connectivity index (χ0) is 16.0. The summed E-state index contributed by atoms with van der Waals surface area (Å²) < 4.78 is 31.5. The number of anilines is 1. The van der Waals surface area contributed by atoms with E-state index in [4.69, 9.17) is 22.5 Å². The number of amides is 1. The van der Waals surface area contributed by atoms with Gasteiger partial charge in [-0.1, -0.05) is 16.8 Å². The molecule has 1 amide bonds. The lowest BCUT2D eigenvalue weighted by Crippen LogP contribution is -2.35. The van der Waals surface area contributed by atoms with Crippen molar-refractivity contribution in [1.29, 1.82) is 0 Å². The Morgan fingerprint density at radius 1 is 1.52 bits per heavy atom. The Morgan fingerprint density at radius 2 is 2.19 bits per heavy atom. The molecule has 1 aromatic rings. The molecule has 0 aliphatic heterocycles. The number of hydrogen-bond donors (Lipinski definition) is 4. The number of nitrogens with two attached hydrogens (primary N) is 1. The van der Waals surface area contributed by atoms with Crippen LogP contribution in [-0.2, 0) is 14.9 Å². The maximum absolute atomic E-state index is 11.7. The van der Waals surface area contributed by atoms with E-state index in [1.54, 1.807) is 4.72 Å². The van der Waals surface area contributed by atoms with Crippen molar-refractivity contribution < 1.29 is 23.2 Å². The number of ether oxygens (including phenoxy) is 1. The molecule has 0 atom stereocenters. The Morgan fingerprint density at radius 3 is 2.76 bits per heavy atom. The van der Waals surface area contributed by atoms with Crippen molar-refractivity contribution in [2.45, 2.75) is 6.92 Å². The van der Waals surface area contributed by atoms with Gasteiger partial charge in [0.1, 0.15) is 0 Å². The number of rotatable bonds is 5. The number of benzene rings is 1. The van der Waals surface area contributed by atoms with Crippen molar-refractivity contribution in [2.75, 3.05) is 11.3 Å². The molecule has 0 fully saturated rings. The molecular weight excluding hydrogens is 324 g/mol. The van der Waals surface area contributed by atoms with Crippen LogP contribution in [0.5, 0.6) is 0 Å². The highest BCUT2D eigenvalue weighted by Gasteiger charge is 2.17. The van der Waals surface area contributed by atoms with Crippen molar-refractivity contribution in [3.8, 4) is 0 Å². The highest BCUT2D eigenvalue weighted by Crippen LogP contribution is 2.23. The molecule has 0 saturated carbocycles. The van der Waals surface area contributed by atoms with Gasteiger partial charge in [-0.2, -0.15) is 8.42 Å². The van der Waals surface area contributed by atoms with E-state index in [1.165, 1.54) is 25.1 Å². The minimum Gasteiger partial charge on any atom is -0.449 e. The van der Waals surface area contributed by atoms with E-state index in [2.05, 4.69) is 9.89 Å². The third-order valence-electron chi connectivity index (χ3n) is 2.11. The van der Waals surface area contributed by atoms with Crippen LogP contribution in [0.2, 0.25) is 5.02 Å². The van der Waals surface area contributed by atoms with Crippen LogP contribution in [0.3, 0.4) is 0 Å². The van der Waals surface area contributed by atoms with Gasteiger partial charge in [-0.3, -0.25) is 4.72 Å². The average Bonchev–Trinajstić information content (AvgIpc) is 2.39. The lowest BCUT2D eigenvalue weighted by atomic mass is 10.2. The molecule has 1 rings (SSSR count). The topological polar surface area (TPSA) is 143 Å². The van der Waals surface area contributed by atoms with E-state index in [0.717, 1.165) is 0 Å². The first-order chi connectivity index (χ1) is 9.79. The van der Waals surface area contributed by atoms with Crippen LogP contribution >= 0.6 is 11.6 Å². The summed E-state index contributed by atoms with van der Waals surface area (Å²) in [7, 11) is -4.23.